The fraction of sp³-hybridized carbons (Fsp3) is 0.133. The van der Waals surface area contributed by atoms with Crippen molar-refractivity contribution in [3.63, 3.8) is 0 Å². The number of rotatable bonds is 5. The summed E-state index contributed by atoms with van der Waals surface area (Å²) >= 11 is 0. The molecule has 0 aromatic heterocycles. The number of halogens is 1. The maximum atomic E-state index is 13.4. The second-order valence-corrected chi connectivity index (χ2v) is 6.38. The summed E-state index contributed by atoms with van der Waals surface area (Å²) in [5.41, 5.74) is 0.955. The van der Waals surface area contributed by atoms with E-state index in [1.165, 1.54) is 24.3 Å². The van der Waals surface area contributed by atoms with E-state index in [1.807, 2.05) is 0 Å². The lowest BCUT2D eigenvalue weighted by atomic mass is 10.2. The molecule has 0 fully saturated rings. The van der Waals surface area contributed by atoms with E-state index in [1.54, 1.807) is 24.3 Å². The smallest absolute Gasteiger partial charge is 0.315 e. The van der Waals surface area contributed by atoms with Crippen molar-refractivity contribution >= 4 is 16.1 Å². The Morgan fingerprint density at radius 2 is 1.74 bits per heavy atom. The predicted octanol–water partition coefficient (Wildman–Crippen LogP) is 1.47. The first-order valence-electron chi connectivity index (χ1n) is 6.73. The molecule has 6 nitrogen and oxygen atoms in total. The highest BCUT2D eigenvalue weighted by Crippen LogP contribution is 2.09. The molecule has 0 spiro atoms. The topological polar surface area (TPSA) is 101 Å². The summed E-state index contributed by atoms with van der Waals surface area (Å²) in [5.74, 6) is -0.395. The van der Waals surface area contributed by atoms with E-state index in [0.717, 1.165) is 0 Å². The maximum Gasteiger partial charge on any atom is 0.315 e. The van der Waals surface area contributed by atoms with Gasteiger partial charge in [0.1, 0.15) is 5.82 Å². The highest BCUT2D eigenvalue weighted by atomic mass is 32.2. The molecule has 2 aromatic carbocycles. The normalized spacial score (nSPS) is 11.0. The average Bonchev–Trinajstić information content (AvgIpc) is 2.51. The Kier molecular flexibility index (Phi) is 5.30. The van der Waals surface area contributed by atoms with Crippen molar-refractivity contribution in [2.75, 3.05) is 0 Å². The molecule has 8 heteroatoms. The van der Waals surface area contributed by atoms with E-state index in [2.05, 4.69) is 10.6 Å². The highest BCUT2D eigenvalue weighted by Gasteiger charge is 2.09. The van der Waals surface area contributed by atoms with Crippen LogP contribution in [0.5, 0.6) is 0 Å². The molecule has 0 atom stereocenters. The van der Waals surface area contributed by atoms with Crippen LogP contribution in [0.25, 0.3) is 0 Å². The summed E-state index contributed by atoms with van der Waals surface area (Å²) < 4.78 is 35.9. The third-order valence-electron chi connectivity index (χ3n) is 3.08. The van der Waals surface area contributed by atoms with Crippen LogP contribution in [0.3, 0.4) is 0 Å². The third-order valence-corrected chi connectivity index (χ3v) is 3.99. The van der Waals surface area contributed by atoms with Gasteiger partial charge in [-0.25, -0.2) is 22.7 Å². The number of primary sulfonamides is 1. The second-order valence-electron chi connectivity index (χ2n) is 4.82. The monoisotopic (exact) mass is 337 g/mol. The molecule has 23 heavy (non-hydrogen) atoms. The van der Waals surface area contributed by atoms with Crippen LogP contribution in [0, 0.1) is 5.82 Å². The Morgan fingerprint density at radius 3 is 2.43 bits per heavy atom. The van der Waals surface area contributed by atoms with E-state index >= 15 is 0 Å². The summed E-state index contributed by atoms with van der Waals surface area (Å²) in [6.07, 6.45) is 0. The molecule has 0 saturated carbocycles. The van der Waals surface area contributed by atoms with Crippen molar-refractivity contribution in [1.82, 2.24) is 10.6 Å². The molecule has 0 saturated heterocycles. The first-order valence-corrected chi connectivity index (χ1v) is 8.28. The number of hydrogen-bond acceptors (Lipinski definition) is 3. The number of benzene rings is 2. The molecule has 0 aliphatic carbocycles. The van der Waals surface area contributed by atoms with Crippen LogP contribution in [-0.2, 0) is 23.1 Å². The zero-order valence-corrected chi connectivity index (χ0v) is 12.9. The van der Waals surface area contributed by atoms with E-state index in [0.29, 0.717) is 11.1 Å². The van der Waals surface area contributed by atoms with Gasteiger partial charge in [0, 0.05) is 18.7 Å². The number of amides is 2. The van der Waals surface area contributed by atoms with Gasteiger partial charge in [-0.3, -0.25) is 0 Å². The van der Waals surface area contributed by atoms with Crippen molar-refractivity contribution in [2.24, 2.45) is 5.14 Å². The Morgan fingerprint density at radius 1 is 1.04 bits per heavy atom. The van der Waals surface area contributed by atoms with Crippen molar-refractivity contribution in [3.8, 4) is 0 Å². The van der Waals surface area contributed by atoms with Gasteiger partial charge in [0.15, 0.2) is 0 Å². The minimum atomic E-state index is -3.78. The van der Waals surface area contributed by atoms with Crippen molar-refractivity contribution in [3.05, 3.63) is 65.5 Å². The number of hydrogen-bond donors (Lipinski definition) is 3. The van der Waals surface area contributed by atoms with Gasteiger partial charge in [0.05, 0.1) is 4.90 Å². The van der Waals surface area contributed by atoms with E-state index in [9.17, 15) is 17.6 Å². The number of nitrogens with two attached hydrogens (primary N) is 1. The molecule has 2 amide bonds. The molecular weight excluding hydrogens is 321 g/mol. The molecule has 122 valence electrons. The number of nitrogens with one attached hydrogen (secondary N) is 2. The van der Waals surface area contributed by atoms with Crippen LogP contribution in [-0.4, -0.2) is 14.4 Å². The van der Waals surface area contributed by atoms with Gasteiger partial charge in [-0.05, 0) is 23.8 Å². The molecule has 2 rings (SSSR count). The number of urea groups is 1. The zero-order chi connectivity index (χ0) is 16.9. The minimum absolute atomic E-state index is 0.0245. The van der Waals surface area contributed by atoms with Crippen LogP contribution < -0.4 is 15.8 Å². The summed E-state index contributed by atoms with van der Waals surface area (Å²) in [7, 11) is -3.78. The molecule has 0 heterocycles. The fourth-order valence-corrected chi connectivity index (χ4v) is 2.48. The van der Waals surface area contributed by atoms with Gasteiger partial charge < -0.3 is 10.6 Å². The van der Waals surface area contributed by atoms with Crippen LogP contribution in [0.4, 0.5) is 9.18 Å². The molecule has 0 unspecified atom stereocenters. The van der Waals surface area contributed by atoms with Gasteiger partial charge in [-0.2, -0.15) is 0 Å². The van der Waals surface area contributed by atoms with Crippen molar-refractivity contribution in [1.29, 1.82) is 0 Å². The summed E-state index contributed by atoms with van der Waals surface area (Å²) in [4.78, 5) is 11.7. The molecule has 0 aliphatic rings. The van der Waals surface area contributed by atoms with Gasteiger partial charge in [-0.15, -0.1) is 0 Å². The Labute approximate surface area is 133 Å². The van der Waals surface area contributed by atoms with Gasteiger partial charge in [0.25, 0.3) is 0 Å². The molecular formula is C15H16FN3O3S. The molecule has 0 bridgehead atoms. The number of sulfonamides is 1. The predicted molar refractivity (Wildman–Crippen MR) is 83.3 cm³/mol. The largest absolute Gasteiger partial charge is 0.334 e. The first-order chi connectivity index (χ1) is 10.9. The van der Waals surface area contributed by atoms with Crippen molar-refractivity contribution in [2.45, 2.75) is 18.0 Å². The summed E-state index contributed by atoms with van der Waals surface area (Å²) in [5, 5.41) is 10.1. The van der Waals surface area contributed by atoms with E-state index < -0.39 is 21.9 Å². The first kappa shape index (κ1) is 16.9. The molecule has 2 aromatic rings. The van der Waals surface area contributed by atoms with E-state index in [4.69, 9.17) is 5.14 Å². The van der Waals surface area contributed by atoms with Gasteiger partial charge in [-0.1, -0.05) is 30.3 Å². The molecule has 0 radical (unpaired) electrons. The summed E-state index contributed by atoms with van der Waals surface area (Å²) in [6.45, 7) is 0.169. The van der Waals surface area contributed by atoms with Crippen LogP contribution in [0.15, 0.2) is 53.4 Å². The zero-order valence-electron chi connectivity index (χ0n) is 12.1. The molecule has 4 N–H and O–H groups in total. The fourth-order valence-electron chi connectivity index (χ4n) is 1.89. The SMILES string of the molecule is NS(=O)(=O)c1cccc(CNC(=O)NCc2ccccc2F)c1. The van der Waals surface area contributed by atoms with Gasteiger partial charge >= 0.3 is 6.03 Å². The Balaban J connectivity index is 1.89. The lowest BCUT2D eigenvalue weighted by Gasteiger charge is -2.09. The Hall–Kier alpha value is -2.45. The van der Waals surface area contributed by atoms with Crippen LogP contribution in [0.1, 0.15) is 11.1 Å². The number of carbonyl (C=O) groups excluding carboxylic acids is 1. The average molecular weight is 337 g/mol. The lowest BCUT2D eigenvalue weighted by Crippen LogP contribution is -2.34. The second kappa shape index (κ2) is 7.21. The minimum Gasteiger partial charge on any atom is -0.334 e. The standard InChI is InChI=1S/C15H16FN3O3S/c16-14-7-2-1-5-12(14)10-19-15(20)18-9-11-4-3-6-13(8-11)23(17,21)22/h1-8H,9-10H2,(H2,17,21,22)(H2,18,19,20). The third kappa shape index (κ3) is 5.04. The molecule has 0 aliphatic heterocycles. The maximum absolute atomic E-state index is 13.4. The van der Waals surface area contributed by atoms with E-state index in [-0.39, 0.29) is 18.0 Å². The Bertz CT molecular complexity index is 809. The lowest BCUT2D eigenvalue weighted by molar-refractivity contribution is 0.240. The van der Waals surface area contributed by atoms with Crippen molar-refractivity contribution < 1.29 is 17.6 Å². The van der Waals surface area contributed by atoms with Crippen LogP contribution in [0.2, 0.25) is 0 Å². The highest BCUT2D eigenvalue weighted by molar-refractivity contribution is 7.89. The summed E-state index contributed by atoms with van der Waals surface area (Å²) in [6, 6.07) is 11.6. The van der Waals surface area contributed by atoms with Crippen LogP contribution >= 0.6 is 0 Å². The number of carbonyl (C=O) groups is 1. The quantitative estimate of drug-likeness (QED) is 0.770. The van der Waals surface area contributed by atoms with Gasteiger partial charge in [0.2, 0.25) is 10.0 Å².